The molecule has 29 heavy (non-hydrogen) atoms. The summed E-state index contributed by atoms with van der Waals surface area (Å²) in [5.74, 6) is 1.26. The van der Waals surface area contributed by atoms with Crippen LogP contribution in [-0.4, -0.2) is 34.2 Å². The number of piperidine rings is 1. The number of aromatic nitrogens is 2. The summed E-state index contributed by atoms with van der Waals surface area (Å²) < 4.78 is 5.55. The van der Waals surface area contributed by atoms with Crippen LogP contribution >= 0.6 is 0 Å². The maximum atomic E-state index is 12.7. The number of aryl methyl sites for hydroxylation is 2. The molecule has 1 aromatic heterocycles. The number of carbonyl (C=O) groups is 1. The molecular weight excluding hydrogens is 364 g/mol. The van der Waals surface area contributed by atoms with Crippen molar-refractivity contribution in [2.75, 3.05) is 18.4 Å². The molecule has 1 aliphatic heterocycles. The maximum absolute atomic E-state index is 12.7. The fourth-order valence-electron chi connectivity index (χ4n) is 3.69. The van der Waals surface area contributed by atoms with Gasteiger partial charge in [0.2, 0.25) is 11.7 Å². The van der Waals surface area contributed by atoms with E-state index in [4.69, 9.17) is 4.52 Å². The van der Waals surface area contributed by atoms with Crippen LogP contribution in [0.25, 0.3) is 11.4 Å². The van der Waals surface area contributed by atoms with Gasteiger partial charge in [-0.25, -0.2) is 4.79 Å². The van der Waals surface area contributed by atoms with Gasteiger partial charge >= 0.3 is 6.03 Å². The van der Waals surface area contributed by atoms with Gasteiger partial charge in [0.25, 0.3) is 0 Å². The molecule has 0 aliphatic carbocycles. The Morgan fingerprint density at radius 2 is 2.07 bits per heavy atom. The van der Waals surface area contributed by atoms with Crippen molar-refractivity contribution in [3.8, 4) is 11.4 Å². The predicted molar refractivity (Wildman–Crippen MR) is 113 cm³/mol. The largest absolute Gasteiger partial charge is 0.339 e. The number of hydrogen-bond acceptors (Lipinski definition) is 4. The zero-order chi connectivity index (χ0) is 20.2. The number of hydrogen-bond donors (Lipinski definition) is 1. The molecular formula is C23H26N4O2. The molecule has 0 spiro atoms. The first-order valence-electron chi connectivity index (χ1n) is 10.2. The van der Waals surface area contributed by atoms with E-state index >= 15 is 0 Å². The number of rotatable bonds is 4. The molecule has 0 saturated carbocycles. The van der Waals surface area contributed by atoms with Gasteiger partial charge in [0.15, 0.2) is 0 Å². The van der Waals surface area contributed by atoms with Gasteiger partial charge in [-0.3, -0.25) is 0 Å². The van der Waals surface area contributed by atoms with Gasteiger partial charge in [0, 0.05) is 24.3 Å². The van der Waals surface area contributed by atoms with Gasteiger partial charge in [-0.2, -0.15) is 4.98 Å². The van der Waals surface area contributed by atoms with Crippen LogP contribution in [0.15, 0.2) is 53.1 Å². The lowest BCUT2D eigenvalue weighted by molar-refractivity contribution is 0.184. The molecule has 1 fully saturated rings. The summed E-state index contributed by atoms with van der Waals surface area (Å²) in [6.45, 7) is 5.46. The molecule has 1 atom stereocenters. The van der Waals surface area contributed by atoms with Gasteiger partial charge in [-0.15, -0.1) is 0 Å². The van der Waals surface area contributed by atoms with Crippen LogP contribution in [0.5, 0.6) is 0 Å². The molecule has 6 nitrogen and oxygen atoms in total. The standard InChI is InChI=1S/C23H26N4O2/c1-3-17-9-11-20(12-10-17)24-23(28)27-13-5-8-19(15-27)22-25-21(26-29-22)18-7-4-6-16(2)14-18/h4,6-7,9-12,14,19H,3,5,8,13,15H2,1-2H3,(H,24,28)/t19-/m0/s1. The summed E-state index contributed by atoms with van der Waals surface area (Å²) in [6, 6.07) is 15.9. The minimum Gasteiger partial charge on any atom is -0.339 e. The molecule has 0 radical (unpaired) electrons. The molecule has 6 heteroatoms. The number of likely N-dealkylation sites (tertiary alicyclic amines) is 1. The van der Waals surface area contributed by atoms with Crippen LogP contribution in [0, 0.1) is 6.92 Å². The van der Waals surface area contributed by atoms with Crippen LogP contribution in [0.4, 0.5) is 10.5 Å². The molecule has 4 rings (SSSR count). The Kier molecular flexibility index (Phi) is 5.60. The zero-order valence-electron chi connectivity index (χ0n) is 16.9. The number of nitrogens with zero attached hydrogens (tertiary/aromatic N) is 3. The van der Waals surface area contributed by atoms with Crippen LogP contribution in [0.1, 0.15) is 42.7 Å². The molecule has 150 valence electrons. The summed E-state index contributed by atoms with van der Waals surface area (Å²) >= 11 is 0. The monoisotopic (exact) mass is 390 g/mol. The summed E-state index contributed by atoms with van der Waals surface area (Å²) in [6.07, 6.45) is 2.83. The van der Waals surface area contributed by atoms with Crippen molar-refractivity contribution in [2.24, 2.45) is 0 Å². The van der Waals surface area contributed by atoms with E-state index in [1.807, 2.05) is 60.4 Å². The van der Waals surface area contributed by atoms with Crippen molar-refractivity contribution >= 4 is 11.7 Å². The lowest BCUT2D eigenvalue weighted by Gasteiger charge is -2.31. The lowest BCUT2D eigenvalue weighted by atomic mass is 9.98. The molecule has 2 amide bonds. The SMILES string of the molecule is CCc1ccc(NC(=O)N2CCC[C@H](c3nc(-c4cccc(C)c4)no3)C2)cc1. The Bertz CT molecular complexity index is 981. The topological polar surface area (TPSA) is 71.3 Å². The third-order valence-electron chi connectivity index (χ3n) is 5.39. The first-order chi connectivity index (χ1) is 14.1. The van der Waals surface area contributed by atoms with Gasteiger partial charge < -0.3 is 14.7 Å². The number of urea groups is 1. The number of nitrogens with one attached hydrogen (secondary N) is 1. The van der Waals surface area contributed by atoms with Crippen molar-refractivity contribution < 1.29 is 9.32 Å². The van der Waals surface area contributed by atoms with E-state index in [0.717, 1.165) is 42.6 Å². The fraction of sp³-hybridized carbons (Fsp3) is 0.348. The first-order valence-corrected chi connectivity index (χ1v) is 10.2. The van der Waals surface area contributed by atoms with E-state index < -0.39 is 0 Å². The van der Waals surface area contributed by atoms with Crippen LogP contribution in [0.3, 0.4) is 0 Å². The van der Waals surface area contributed by atoms with Crippen molar-refractivity contribution in [2.45, 2.75) is 39.0 Å². The zero-order valence-corrected chi connectivity index (χ0v) is 16.9. The number of carbonyl (C=O) groups excluding carboxylic acids is 1. The molecule has 0 unspecified atom stereocenters. The van der Waals surface area contributed by atoms with E-state index in [-0.39, 0.29) is 11.9 Å². The quantitative estimate of drug-likeness (QED) is 0.679. The Labute approximate surface area is 170 Å². The number of amides is 2. The number of anilines is 1. The second kappa shape index (κ2) is 8.47. The Morgan fingerprint density at radius 1 is 1.24 bits per heavy atom. The fourth-order valence-corrected chi connectivity index (χ4v) is 3.69. The van der Waals surface area contributed by atoms with Gasteiger partial charge in [-0.05, 0) is 49.9 Å². The van der Waals surface area contributed by atoms with Crippen molar-refractivity contribution in [3.63, 3.8) is 0 Å². The van der Waals surface area contributed by atoms with Gasteiger partial charge in [0.05, 0.1) is 5.92 Å². The highest BCUT2D eigenvalue weighted by atomic mass is 16.5. The highest BCUT2D eigenvalue weighted by Crippen LogP contribution is 2.28. The molecule has 1 aliphatic rings. The third kappa shape index (κ3) is 4.47. The molecule has 2 heterocycles. The molecule has 1 N–H and O–H groups in total. The predicted octanol–water partition coefficient (Wildman–Crippen LogP) is 5.02. The minimum atomic E-state index is -0.0858. The van der Waals surface area contributed by atoms with Crippen LogP contribution in [-0.2, 0) is 6.42 Å². The normalized spacial score (nSPS) is 16.6. The van der Waals surface area contributed by atoms with Crippen LogP contribution < -0.4 is 5.32 Å². The average molecular weight is 390 g/mol. The average Bonchev–Trinajstić information content (AvgIpc) is 3.25. The highest BCUT2D eigenvalue weighted by Gasteiger charge is 2.28. The highest BCUT2D eigenvalue weighted by molar-refractivity contribution is 5.89. The van der Waals surface area contributed by atoms with Crippen molar-refractivity contribution in [1.82, 2.24) is 15.0 Å². The number of benzene rings is 2. The van der Waals surface area contributed by atoms with E-state index in [1.165, 1.54) is 5.56 Å². The molecule has 1 saturated heterocycles. The summed E-state index contributed by atoms with van der Waals surface area (Å²) in [5.41, 5.74) is 4.16. The lowest BCUT2D eigenvalue weighted by Crippen LogP contribution is -2.41. The van der Waals surface area contributed by atoms with Gasteiger partial charge in [0.1, 0.15) is 0 Å². The summed E-state index contributed by atoms with van der Waals surface area (Å²) in [4.78, 5) is 19.1. The Morgan fingerprint density at radius 3 is 2.83 bits per heavy atom. The summed E-state index contributed by atoms with van der Waals surface area (Å²) in [7, 11) is 0. The van der Waals surface area contributed by atoms with E-state index in [9.17, 15) is 4.79 Å². The van der Waals surface area contributed by atoms with Crippen LogP contribution in [0.2, 0.25) is 0 Å². The smallest absolute Gasteiger partial charge is 0.321 e. The van der Waals surface area contributed by atoms with E-state index in [2.05, 4.69) is 22.4 Å². The van der Waals surface area contributed by atoms with E-state index in [0.29, 0.717) is 18.3 Å². The van der Waals surface area contributed by atoms with Gasteiger partial charge in [-0.1, -0.05) is 48.0 Å². The first kappa shape index (κ1) is 19.2. The van der Waals surface area contributed by atoms with E-state index in [1.54, 1.807) is 0 Å². The minimum absolute atomic E-state index is 0.0584. The molecule has 2 aromatic carbocycles. The second-order valence-electron chi connectivity index (χ2n) is 7.59. The Balaban J connectivity index is 1.42. The molecule has 0 bridgehead atoms. The Hall–Kier alpha value is -3.15. The maximum Gasteiger partial charge on any atom is 0.321 e. The third-order valence-corrected chi connectivity index (χ3v) is 5.39. The molecule has 3 aromatic rings. The second-order valence-corrected chi connectivity index (χ2v) is 7.59. The van der Waals surface area contributed by atoms with Crippen molar-refractivity contribution in [3.05, 3.63) is 65.5 Å². The summed E-state index contributed by atoms with van der Waals surface area (Å²) in [5, 5.41) is 7.14. The van der Waals surface area contributed by atoms with Crippen molar-refractivity contribution in [1.29, 1.82) is 0 Å².